The van der Waals surface area contributed by atoms with Gasteiger partial charge in [0, 0.05) is 18.3 Å². The number of benzene rings is 2. The van der Waals surface area contributed by atoms with Crippen molar-refractivity contribution in [2.75, 3.05) is 31.4 Å². The van der Waals surface area contributed by atoms with E-state index >= 15 is 0 Å². The van der Waals surface area contributed by atoms with Crippen molar-refractivity contribution < 1.29 is 9.47 Å². The Bertz CT molecular complexity index is 944. The summed E-state index contributed by atoms with van der Waals surface area (Å²) < 4.78 is 10.8. The number of nitrogens with zero attached hydrogens (tertiary/aromatic N) is 2. The summed E-state index contributed by atoms with van der Waals surface area (Å²) in [4.78, 5) is 9.08. The van der Waals surface area contributed by atoms with Crippen molar-refractivity contribution in [2.45, 2.75) is 20.3 Å². The lowest BCUT2D eigenvalue weighted by Gasteiger charge is -2.13. The topological polar surface area (TPSA) is 68.3 Å². The zero-order chi connectivity index (χ0) is 19.9. The molecular formula is C22H26N4O2. The highest BCUT2D eigenvalue weighted by atomic mass is 16.5. The van der Waals surface area contributed by atoms with E-state index in [2.05, 4.69) is 26.7 Å². The quantitative estimate of drug-likeness (QED) is 0.601. The van der Waals surface area contributed by atoms with Gasteiger partial charge in [-0.05, 0) is 49.6 Å². The summed E-state index contributed by atoms with van der Waals surface area (Å²) in [7, 11) is 3.34. The standard InChI is InChI=1S/C22H26N4O2/c1-15-9-10-20(28-4)18(13-15)25-22-24-16(2)14-21(26-22)23-12-11-17-7-5-6-8-19(17)27-3/h5-10,13-14H,11-12H2,1-4H3,(H2,23,24,25,26). The number of para-hydroxylation sites is 1. The van der Waals surface area contributed by atoms with E-state index in [0.29, 0.717) is 5.95 Å². The summed E-state index contributed by atoms with van der Waals surface area (Å²) >= 11 is 0. The van der Waals surface area contributed by atoms with Gasteiger partial charge in [0.1, 0.15) is 17.3 Å². The second-order valence-corrected chi connectivity index (χ2v) is 6.54. The third-order valence-electron chi connectivity index (χ3n) is 4.35. The molecule has 0 radical (unpaired) electrons. The minimum absolute atomic E-state index is 0.531. The number of anilines is 3. The highest BCUT2D eigenvalue weighted by Crippen LogP contribution is 2.28. The maximum absolute atomic E-state index is 5.42. The first-order valence-corrected chi connectivity index (χ1v) is 9.22. The Morgan fingerprint density at radius 1 is 0.893 bits per heavy atom. The van der Waals surface area contributed by atoms with E-state index in [9.17, 15) is 0 Å². The van der Waals surface area contributed by atoms with Gasteiger partial charge in [0.2, 0.25) is 5.95 Å². The van der Waals surface area contributed by atoms with Crippen LogP contribution in [0.15, 0.2) is 48.5 Å². The van der Waals surface area contributed by atoms with E-state index in [0.717, 1.165) is 52.8 Å². The number of ether oxygens (including phenoxy) is 2. The predicted molar refractivity (Wildman–Crippen MR) is 113 cm³/mol. The minimum atomic E-state index is 0.531. The number of nitrogens with one attached hydrogen (secondary N) is 2. The molecular weight excluding hydrogens is 352 g/mol. The molecule has 0 aliphatic rings. The highest BCUT2D eigenvalue weighted by molar-refractivity contribution is 5.64. The van der Waals surface area contributed by atoms with Crippen molar-refractivity contribution in [3.63, 3.8) is 0 Å². The second kappa shape index (κ2) is 9.08. The van der Waals surface area contributed by atoms with Crippen molar-refractivity contribution in [3.05, 3.63) is 65.4 Å². The maximum atomic E-state index is 5.42. The van der Waals surface area contributed by atoms with Crippen molar-refractivity contribution >= 4 is 17.5 Å². The molecule has 0 spiro atoms. The molecule has 0 atom stereocenters. The largest absolute Gasteiger partial charge is 0.496 e. The zero-order valence-electron chi connectivity index (χ0n) is 16.7. The molecule has 0 saturated carbocycles. The van der Waals surface area contributed by atoms with Crippen LogP contribution in [0.4, 0.5) is 17.5 Å². The van der Waals surface area contributed by atoms with Crippen LogP contribution in [0.1, 0.15) is 16.8 Å². The first-order chi connectivity index (χ1) is 13.6. The Kier molecular flexibility index (Phi) is 6.32. The van der Waals surface area contributed by atoms with E-state index in [1.165, 1.54) is 0 Å². The first kappa shape index (κ1) is 19.5. The SMILES string of the molecule is COc1ccccc1CCNc1cc(C)nc(Nc2cc(C)ccc2OC)n1. The van der Waals surface area contributed by atoms with Crippen LogP contribution in [0, 0.1) is 13.8 Å². The lowest BCUT2D eigenvalue weighted by atomic mass is 10.1. The van der Waals surface area contributed by atoms with E-state index in [1.54, 1.807) is 14.2 Å². The normalized spacial score (nSPS) is 10.4. The Balaban J connectivity index is 1.70. The summed E-state index contributed by atoms with van der Waals surface area (Å²) in [5, 5.41) is 6.64. The number of aryl methyl sites for hydroxylation is 2. The monoisotopic (exact) mass is 378 g/mol. The fourth-order valence-electron chi connectivity index (χ4n) is 2.99. The first-order valence-electron chi connectivity index (χ1n) is 9.22. The molecule has 0 saturated heterocycles. The van der Waals surface area contributed by atoms with Crippen LogP contribution in [0.25, 0.3) is 0 Å². The van der Waals surface area contributed by atoms with Crippen LogP contribution in [0.2, 0.25) is 0 Å². The molecule has 0 aliphatic heterocycles. The molecule has 1 heterocycles. The molecule has 0 fully saturated rings. The Morgan fingerprint density at radius 2 is 1.68 bits per heavy atom. The highest BCUT2D eigenvalue weighted by Gasteiger charge is 2.08. The molecule has 0 unspecified atom stereocenters. The van der Waals surface area contributed by atoms with Gasteiger partial charge >= 0.3 is 0 Å². The van der Waals surface area contributed by atoms with Crippen molar-refractivity contribution in [1.82, 2.24) is 9.97 Å². The van der Waals surface area contributed by atoms with E-state index in [4.69, 9.17) is 9.47 Å². The summed E-state index contributed by atoms with van der Waals surface area (Å²) in [6.45, 7) is 4.72. The Labute approximate surface area is 166 Å². The van der Waals surface area contributed by atoms with Gasteiger partial charge in [-0.3, -0.25) is 0 Å². The van der Waals surface area contributed by atoms with Gasteiger partial charge < -0.3 is 20.1 Å². The van der Waals surface area contributed by atoms with E-state index < -0.39 is 0 Å². The average Bonchev–Trinajstić information content (AvgIpc) is 2.68. The van der Waals surface area contributed by atoms with Gasteiger partial charge in [-0.25, -0.2) is 4.98 Å². The fourth-order valence-corrected chi connectivity index (χ4v) is 2.99. The number of hydrogen-bond donors (Lipinski definition) is 2. The number of rotatable bonds is 8. The van der Waals surface area contributed by atoms with E-state index in [-0.39, 0.29) is 0 Å². The average molecular weight is 378 g/mol. The molecule has 6 nitrogen and oxygen atoms in total. The molecule has 28 heavy (non-hydrogen) atoms. The number of aromatic nitrogens is 2. The number of hydrogen-bond acceptors (Lipinski definition) is 6. The van der Waals surface area contributed by atoms with Crippen molar-refractivity contribution in [3.8, 4) is 11.5 Å². The predicted octanol–water partition coefficient (Wildman–Crippen LogP) is 4.51. The Morgan fingerprint density at radius 3 is 2.46 bits per heavy atom. The lowest BCUT2D eigenvalue weighted by molar-refractivity contribution is 0.410. The van der Waals surface area contributed by atoms with Crippen molar-refractivity contribution in [2.24, 2.45) is 0 Å². The van der Waals surface area contributed by atoms with Crippen molar-refractivity contribution in [1.29, 1.82) is 0 Å². The second-order valence-electron chi connectivity index (χ2n) is 6.54. The molecule has 0 amide bonds. The zero-order valence-corrected chi connectivity index (χ0v) is 16.7. The van der Waals surface area contributed by atoms with Gasteiger partial charge in [0.15, 0.2) is 0 Å². The summed E-state index contributed by atoms with van der Waals surface area (Å²) in [6, 6.07) is 15.9. The molecule has 3 rings (SSSR count). The molecule has 3 aromatic rings. The molecule has 0 aliphatic carbocycles. The smallest absolute Gasteiger partial charge is 0.229 e. The lowest BCUT2D eigenvalue weighted by Crippen LogP contribution is -2.09. The molecule has 1 aromatic heterocycles. The van der Waals surface area contributed by atoms with Gasteiger partial charge in [0.25, 0.3) is 0 Å². The Hall–Kier alpha value is -3.28. The maximum Gasteiger partial charge on any atom is 0.229 e. The van der Waals surface area contributed by atoms with Gasteiger partial charge in [-0.1, -0.05) is 24.3 Å². The minimum Gasteiger partial charge on any atom is -0.496 e. The van der Waals surface area contributed by atoms with Crippen LogP contribution in [-0.4, -0.2) is 30.7 Å². The third-order valence-corrected chi connectivity index (χ3v) is 4.35. The molecule has 6 heteroatoms. The van der Waals surface area contributed by atoms with E-state index in [1.807, 2.05) is 56.3 Å². The summed E-state index contributed by atoms with van der Waals surface area (Å²) in [5.41, 5.74) is 4.01. The third kappa shape index (κ3) is 4.91. The van der Waals surface area contributed by atoms with Gasteiger partial charge in [0.05, 0.1) is 19.9 Å². The molecule has 146 valence electrons. The van der Waals surface area contributed by atoms with Crippen LogP contribution in [-0.2, 0) is 6.42 Å². The van der Waals surface area contributed by atoms with Gasteiger partial charge in [-0.2, -0.15) is 4.98 Å². The molecule has 2 N–H and O–H groups in total. The summed E-state index contributed by atoms with van der Waals surface area (Å²) in [5.74, 6) is 2.96. The van der Waals surface area contributed by atoms with Crippen LogP contribution < -0.4 is 20.1 Å². The van der Waals surface area contributed by atoms with Crippen LogP contribution >= 0.6 is 0 Å². The van der Waals surface area contributed by atoms with Gasteiger partial charge in [-0.15, -0.1) is 0 Å². The fraction of sp³-hybridized carbons (Fsp3) is 0.273. The summed E-state index contributed by atoms with van der Waals surface area (Å²) in [6.07, 6.45) is 0.835. The van der Waals surface area contributed by atoms with Crippen LogP contribution in [0.3, 0.4) is 0 Å². The molecule has 0 bridgehead atoms. The van der Waals surface area contributed by atoms with Crippen LogP contribution in [0.5, 0.6) is 11.5 Å². The molecule has 2 aromatic carbocycles. The number of methoxy groups -OCH3 is 2.